The van der Waals surface area contributed by atoms with Crippen molar-refractivity contribution in [3.63, 3.8) is 0 Å². The van der Waals surface area contributed by atoms with Crippen LogP contribution >= 0.6 is 15.9 Å². The highest BCUT2D eigenvalue weighted by Crippen LogP contribution is 2.04. The van der Waals surface area contributed by atoms with Gasteiger partial charge >= 0.3 is 5.97 Å². The number of hydrogen-bond donors (Lipinski definition) is 1. The molecule has 1 aromatic carbocycles. The Hall–Kier alpha value is -1.43. The van der Waals surface area contributed by atoms with Gasteiger partial charge in [0.25, 0.3) is 5.91 Å². The number of methoxy groups -OCH3 is 1. The summed E-state index contributed by atoms with van der Waals surface area (Å²) in [6, 6.07) is 5.12. The van der Waals surface area contributed by atoms with Gasteiger partial charge in [-0.2, -0.15) is 0 Å². The molecule has 0 aliphatic carbocycles. The molecule has 0 heterocycles. The van der Waals surface area contributed by atoms with E-state index in [0.29, 0.717) is 5.56 Å². The van der Waals surface area contributed by atoms with Gasteiger partial charge in [-0.05, 0) is 24.3 Å². The van der Waals surface area contributed by atoms with Crippen LogP contribution in [-0.4, -0.2) is 30.4 Å². The molecule has 0 bridgehead atoms. The van der Waals surface area contributed by atoms with Gasteiger partial charge in [-0.25, -0.2) is 4.39 Å². The number of nitrogens with one attached hydrogen (secondary N) is 1. The van der Waals surface area contributed by atoms with E-state index in [1.165, 1.54) is 31.4 Å². The van der Waals surface area contributed by atoms with Gasteiger partial charge in [-0.1, -0.05) is 15.9 Å². The van der Waals surface area contributed by atoms with Gasteiger partial charge in [0.1, 0.15) is 10.6 Å². The number of esters is 1. The molecule has 1 N–H and O–H groups in total. The number of ether oxygens (including phenoxy) is 1. The van der Waals surface area contributed by atoms with Crippen LogP contribution in [0.25, 0.3) is 0 Å². The van der Waals surface area contributed by atoms with Crippen LogP contribution < -0.4 is 5.32 Å². The summed E-state index contributed by atoms with van der Waals surface area (Å²) in [7, 11) is 1.26. The van der Waals surface area contributed by atoms with Gasteiger partial charge in [-0.15, -0.1) is 0 Å². The Kier molecular flexibility index (Phi) is 5.09. The van der Waals surface area contributed by atoms with Crippen molar-refractivity contribution < 1.29 is 18.7 Å². The van der Waals surface area contributed by atoms with Gasteiger partial charge in [-0.3, -0.25) is 9.59 Å². The van der Waals surface area contributed by atoms with Crippen molar-refractivity contribution in [3.8, 4) is 0 Å². The van der Waals surface area contributed by atoms with E-state index in [4.69, 9.17) is 0 Å². The average molecular weight is 304 g/mol. The average Bonchev–Trinajstić information content (AvgIpc) is 2.35. The Morgan fingerprint density at radius 1 is 1.41 bits per heavy atom. The summed E-state index contributed by atoms with van der Waals surface area (Å²) in [4.78, 5) is 22.0. The first kappa shape index (κ1) is 13.6. The molecule has 1 amide bonds. The van der Waals surface area contributed by atoms with Crippen LogP contribution in [0.2, 0.25) is 0 Å². The standard InChI is InChI=1S/C11H11BrFNO3/c1-17-11(16)9(12)6-14-10(15)7-2-4-8(13)5-3-7/h2-5,9H,6H2,1H3,(H,14,15). The fraction of sp³-hybridized carbons (Fsp3) is 0.273. The van der Waals surface area contributed by atoms with Crippen LogP contribution in [0.4, 0.5) is 4.39 Å². The van der Waals surface area contributed by atoms with E-state index < -0.39 is 16.6 Å². The molecular weight excluding hydrogens is 293 g/mol. The number of hydrogen-bond acceptors (Lipinski definition) is 3. The molecule has 0 saturated heterocycles. The van der Waals surface area contributed by atoms with Crippen LogP contribution in [0.5, 0.6) is 0 Å². The summed E-state index contributed by atoms with van der Waals surface area (Å²) in [6.45, 7) is 0.100. The quantitative estimate of drug-likeness (QED) is 0.677. The third-order valence-corrected chi connectivity index (χ3v) is 2.70. The van der Waals surface area contributed by atoms with E-state index in [2.05, 4.69) is 26.0 Å². The fourth-order valence-electron chi connectivity index (χ4n) is 1.10. The SMILES string of the molecule is COC(=O)C(Br)CNC(=O)c1ccc(F)cc1. The Morgan fingerprint density at radius 2 is 2.00 bits per heavy atom. The predicted octanol–water partition coefficient (Wildman–Crippen LogP) is 1.49. The number of carbonyl (C=O) groups is 2. The van der Waals surface area contributed by atoms with Crippen LogP contribution in [0.15, 0.2) is 24.3 Å². The molecule has 17 heavy (non-hydrogen) atoms. The number of benzene rings is 1. The summed E-state index contributed by atoms with van der Waals surface area (Å²) in [5.41, 5.74) is 0.330. The lowest BCUT2D eigenvalue weighted by Gasteiger charge is -2.09. The maximum atomic E-state index is 12.6. The third kappa shape index (κ3) is 4.14. The van der Waals surface area contributed by atoms with Crippen molar-refractivity contribution in [2.24, 2.45) is 0 Å². The maximum Gasteiger partial charge on any atom is 0.321 e. The monoisotopic (exact) mass is 303 g/mol. The van der Waals surface area contributed by atoms with Crippen molar-refractivity contribution in [3.05, 3.63) is 35.6 Å². The lowest BCUT2D eigenvalue weighted by atomic mass is 10.2. The molecule has 0 aliphatic rings. The zero-order valence-electron chi connectivity index (χ0n) is 9.07. The molecule has 1 rings (SSSR count). The van der Waals surface area contributed by atoms with Crippen molar-refractivity contribution in [2.45, 2.75) is 4.83 Å². The Balaban J connectivity index is 2.50. The van der Waals surface area contributed by atoms with E-state index >= 15 is 0 Å². The third-order valence-electron chi connectivity index (χ3n) is 2.01. The molecule has 0 fully saturated rings. The van der Waals surface area contributed by atoms with Crippen LogP contribution in [-0.2, 0) is 9.53 Å². The molecule has 1 unspecified atom stereocenters. The molecule has 0 saturated carbocycles. The summed E-state index contributed by atoms with van der Waals surface area (Å²) >= 11 is 3.07. The van der Waals surface area contributed by atoms with Crippen LogP contribution in [0.1, 0.15) is 10.4 Å². The molecular formula is C11H11BrFNO3. The van der Waals surface area contributed by atoms with E-state index in [9.17, 15) is 14.0 Å². The molecule has 1 aromatic rings. The lowest BCUT2D eigenvalue weighted by Crippen LogP contribution is -2.33. The highest BCUT2D eigenvalue weighted by Gasteiger charge is 2.16. The summed E-state index contributed by atoms with van der Waals surface area (Å²) in [6.07, 6.45) is 0. The highest BCUT2D eigenvalue weighted by molar-refractivity contribution is 9.10. The Morgan fingerprint density at radius 3 is 2.53 bits per heavy atom. The topological polar surface area (TPSA) is 55.4 Å². The smallest absolute Gasteiger partial charge is 0.321 e. The number of alkyl halides is 1. The second-order valence-electron chi connectivity index (χ2n) is 3.21. The fourth-order valence-corrected chi connectivity index (χ4v) is 1.45. The van der Waals surface area contributed by atoms with E-state index in [0.717, 1.165) is 0 Å². The van der Waals surface area contributed by atoms with Crippen molar-refractivity contribution in [1.82, 2.24) is 5.32 Å². The normalized spacial score (nSPS) is 11.7. The van der Waals surface area contributed by atoms with Gasteiger partial charge in [0, 0.05) is 12.1 Å². The Bertz CT molecular complexity index is 408. The van der Waals surface area contributed by atoms with Gasteiger partial charge in [0.2, 0.25) is 0 Å². The molecule has 92 valence electrons. The second-order valence-corrected chi connectivity index (χ2v) is 4.31. The van der Waals surface area contributed by atoms with E-state index in [1.54, 1.807) is 0 Å². The first-order chi connectivity index (χ1) is 8.04. The van der Waals surface area contributed by atoms with Crippen molar-refractivity contribution >= 4 is 27.8 Å². The van der Waals surface area contributed by atoms with Crippen molar-refractivity contribution in [1.29, 1.82) is 0 Å². The molecule has 0 aromatic heterocycles. The maximum absolute atomic E-state index is 12.6. The van der Waals surface area contributed by atoms with Crippen LogP contribution in [0, 0.1) is 5.82 Å². The van der Waals surface area contributed by atoms with Crippen LogP contribution in [0.3, 0.4) is 0 Å². The number of halogens is 2. The minimum absolute atomic E-state index is 0.100. The van der Waals surface area contributed by atoms with E-state index in [-0.39, 0.29) is 12.5 Å². The summed E-state index contributed by atoms with van der Waals surface area (Å²) in [5, 5.41) is 2.52. The first-order valence-electron chi connectivity index (χ1n) is 4.80. The summed E-state index contributed by atoms with van der Waals surface area (Å²) in [5.74, 6) is -1.25. The first-order valence-corrected chi connectivity index (χ1v) is 5.72. The van der Waals surface area contributed by atoms with E-state index in [1.807, 2.05) is 0 Å². The molecule has 0 aliphatic heterocycles. The molecule has 0 spiro atoms. The van der Waals surface area contributed by atoms with Gasteiger partial charge in [0.15, 0.2) is 0 Å². The molecule has 4 nitrogen and oxygen atoms in total. The minimum Gasteiger partial charge on any atom is -0.468 e. The van der Waals surface area contributed by atoms with Gasteiger partial charge in [0.05, 0.1) is 7.11 Å². The highest BCUT2D eigenvalue weighted by atomic mass is 79.9. The number of amides is 1. The largest absolute Gasteiger partial charge is 0.468 e. The molecule has 6 heteroatoms. The molecule has 1 atom stereocenters. The zero-order valence-corrected chi connectivity index (χ0v) is 10.7. The lowest BCUT2D eigenvalue weighted by molar-refractivity contribution is -0.139. The number of carbonyl (C=O) groups excluding carboxylic acids is 2. The minimum atomic E-state index is -0.600. The van der Waals surface area contributed by atoms with Gasteiger partial charge < -0.3 is 10.1 Å². The Labute approximate surface area is 106 Å². The second kappa shape index (κ2) is 6.34. The molecule has 0 radical (unpaired) electrons. The summed E-state index contributed by atoms with van der Waals surface area (Å²) < 4.78 is 17.1. The predicted molar refractivity (Wildman–Crippen MR) is 63.5 cm³/mol. The number of rotatable bonds is 4. The zero-order chi connectivity index (χ0) is 12.8. The van der Waals surface area contributed by atoms with Crippen molar-refractivity contribution in [2.75, 3.05) is 13.7 Å².